The van der Waals surface area contributed by atoms with Crippen molar-refractivity contribution in [3.63, 3.8) is 0 Å². The van der Waals surface area contributed by atoms with E-state index in [1.807, 2.05) is 31.2 Å². The summed E-state index contributed by atoms with van der Waals surface area (Å²) >= 11 is 5.90. The van der Waals surface area contributed by atoms with E-state index in [4.69, 9.17) is 17.3 Å². The number of nitrogen functional groups attached to an aromatic ring is 1. The van der Waals surface area contributed by atoms with Crippen LogP contribution in [0.5, 0.6) is 0 Å². The molecule has 3 nitrogen and oxygen atoms in total. The molecule has 0 radical (unpaired) electrons. The molecule has 0 atom stereocenters. The average molecular weight is 275 g/mol. The lowest BCUT2D eigenvalue weighted by Crippen LogP contribution is -2.24. The lowest BCUT2D eigenvalue weighted by molar-refractivity contribution is 0.0952. The molecular formula is C15H15ClN2O. The molecule has 0 heterocycles. The summed E-state index contributed by atoms with van der Waals surface area (Å²) < 4.78 is 0. The van der Waals surface area contributed by atoms with E-state index in [9.17, 15) is 4.79 Å². The van der Waals surface area contributed by atoms with Gasteiger partial charge >= 0.3 is 0 Å². The first-order valence-electron chi connectivity index (χ1n) is 5.96. The molecule has 2 aromatic rings. The molecule has 0 fully saturated rings. The second-order valence-corrected chi connectivity index (χ2v) is 4.72. The van der Waals surface area contributed by atoms with Crippen molar-refractivity contribution in [3.05, 3.63) is 64.2 Å². The quantitative estimate of drug-likeness (QED) is 0.845. The average Bonchev–Trinajstić information content (AvgIpc) is 2.40. The predicted octanol–water partition coefficient (Wildman–Crippen LogP) is 3.16. The maximum absolute atomic E-state index is 12.1. The Hall–Kier alpha value is -2.00. The first-order valence-corrected chi connectivity index (χ1v) is 6.34. The smallest absolute Gasteiger partial charge is 0.253 e. The minimum absolute atomic E-state index is 0.219. The van der Waals surface area contributed by atoms with Crippen molar-refractivity contribution in [3.8, 4) is 0 Å². The number of carbonyl (C=O) groups excluding carboxylic acids is 1. The van der Waals surface area contributed by atoms with Crippen molar-refractivity contribution in [2.24, 2.45) is 0 Å². The molecule has 3 N–H and O–H groups in total. The first kappa shape index (κ1) is 13.4. The number of nitrogens with two attached hydrogens (primary N) is 1. The number of rotatable bonds is 3. The Labute approximate surface area is 117 Å². The number of halogens is 1. The standard InChI is InChI=1S/C15H15ClN2O/c1-10-5-2-3-6-11(10)9-18-15(19)12-7-4-8-13(16)14(12)17/h2-8H,9,17H2,1H3,(H,18,19). The third kappa shape index (κ3) is 3.06. The van der Waals surface area contributed by atoms with Gasteiger partial charge in [0, 0.05) is 6.54 Å². The summed E-state index contributed by atoms with van der Waals surface area (Å²) in [5, 5.41) is 3.24. The van der Waals surface area contributed by atoms with Gasteiger partial charge in [0.2, 0.25) is 0 Å². The minimum atomic E-state index is -0.219. The Kier molecular flexibility index (Phi) is 4.07. The minimum Gasteiger partial charge on any atom is -0.397 e. The van der Waals surface area contributed by atoms with Crippen LogP contribution in [0.2, 0.25) is 5.02 Å². The molecule has 0 aliphatic rings. The number of para-hydroxylation sites is 1. The van der Waals surface area contributed by atoms with E-state index in [2.05, 4.69) is 5.32 Å². The van der Waals surface area contributed by atoms with Gasteiger partial charge in [0.25, 0.3) is 5.91 Å². The van der Waals surface area contributed by atoms with Crippen LogP contribution in [0.3, 0.4) is 0 Å². The van der Waals surface area contributed by atoms with E-state index in [0.717, 1.165) is 11.1 Å². The normalized spacial score (nSPS) is 10.2. The van der Waals surface area contributed by atoms with Crippen molar-refractivity contribution in [2.75, 3.05) is 5.73 Å². The fourth-order valence-electron chi connectivity index (χ4n) is 1.81. The van der Waals surface area contributed by atoms with Crippen molar-refractivity contribution in [2.45, 2.75) is 13.5 Å². The first-order chi connectivity index (χ1) is 9.09. The van der Waals surface area contributed by atoms with Gasteiger partial charge in [0.1, 0.15) is 0 Å². The maximum atomic E-state index is 12.1. The highest BCUT2D eigenvalue weighted by atomic mass is 35.5. The highest BCUT2D eigenvalue weighted by molar-refractivity contribution is 6.33. The van der Waals surface area contributed by atoms with Crippen LogP contribution in [0.25, 0.3) is 0 Å². The van der Waals surface area contributed by atoms with Crippen LogP contribution in [-0.2, 0) is 6.54 Å². The molecule has 19 heavy (non-hydrogen) atoms. The molecule has 98 valence electrons. The van der Waals surface area contributed by atoms with Crippen LogP contribution in [0.15, 0.2) is 42.5 Å². The zero-order chi connectivity index (χ0) is 13.8. The number of hydrogen-bond acceptors (Lipinski definition) is 2. The fraction of sp³-hybridized carbons (Fsp3) is 0.133. The largest absolute Gasteiger partial charge is 0.397 e. The number of hydrogen-bond donors (Lipinski definition) is 2. The summed E-state index contributed by atoms with van der Waals surface area (Å²) in [6.45, 7) is 2.48. The lowest BCUT2D eigenvalue weighted by Gasteiger charge is -2.10. The molecule has 0 aromatic heterocycles. The Morgan fingerprint density at radius 3 is 2.68 bits per heavy atom. The number of anilines is 1. The van der Waals surface area contributed by atoms with Gasteiger partial charge in [-0.15, -0.1) is 0 Å². The summed E-state index contributed by atoms with van der Waals surface area (Å²) in [5.74, 6) is -0.219. The van der Waals surface area contributed by atoms with Gasteiger partial charge in [-0.05, 0) is 30.2 Å². The Morgan fingerprint density at radius 2 is 1.95 bits per heavy atom. The van der Waals surface area contributed by atoms with Crippen molar-refractivity contribution in [1.29, 1.82) is 0 Å². The van der Waals surface area contributed by atoms with E-state index < -0.39 is 0 Å². The van der Waals surface area contributed by atoms with E-state index in [-0.39, 0.29) is 5.91 Å². The molecule has 0 unspecified atom stereocenters. The van der Waals surface area contributed by atoms with Crippen LogP contribution >= 0.6 is 11.6 Å². The van der Waals surface area contributed by atoms with Crippen LogP contribution < -0.4 is 11.1 Å². The molecule has 2 aromatic carbocycles. The molecule has 0 aliphatic carbocycles. The molecule has 4 heteroatoms. The van der Waals surface area contributed by atoms with Gasteiger partial charge < -0.3 is 11.1 Å². The second-order valence-electron chi connectivity index (χ2n) is 4.31. The summed E-state index contributed by atoms with van der Waals surface area (Å²) in [5.41, 5.74) is 8.73. The Morgan fingerprint density at radius 1 is 1.21 bits per heavy atom. The van der Waals surface area contributed by atoms with Gasteiger partial charge in [-0.3, -0.25) is 4.79 Å². The second kappa shape index (κ2) is 5.76. The molecular weight excluding hydrogens is 260 g/mol. The van der Waals surface area contributed by atoms with E-state index in [0.29, 0.717) is 22.8 Å². The summed E-state index contributed by atoms with van der Waals surface area (Å²) in [6, 6.07) is 12.9. The van der Waals surface area contributed by atoms with E-state index in [1.165, 1.54) is 0 Å². The molecule has 0 saturated carbocycles. The molecule has 0 spiro atoms. The van der Waals surface area contributed by atoms with Gasteiger partial charge in [-0.1, -0.05) is 41.9 Å². The molecule has 0 saturated heterocycles. The topological polar surface area (TPSA) is 55.1 Å². The number of benzene rings is 2. The van der Waals surface area contributed by atoms with Crippen molar-refractivity contribution in [1.82, 2.24) is 5.32 Å². The van der Waals surface area contributed by atoms with Gasteiger partial charge in [0.15, 0.2) is 0 Å². The third-order valence-corrected chi connectivity index (χ3v) is 3.33. The van der Waals surface area contributed by atoms with Crippen LogP contribution in [0.4, 0.5) is 5.69 Å². The highest BCUT2D eigenvalue weighted by Gasteiger charge is 2.11. The SMILES string of the molecule is Cc1ccccc1CNC(=O)c1cccc(Cl)c1N. The van der Waals surface area contributed by atoms with Gasteiger partial charge in [0.05, 0.1) is 16.3 Å². The monoisotopic (exact) mass is 274 g/mol. The zero-order valence-corrected chi connectivity index (χ0v) is 11.4. The van der Waals surface area contributed by atoms with Crippen LogP contribution in [0, 0.1) is 6.92 Å². The summed E-state index contributed by atoms with van der Waals surface area (Å²) in [6.07, 6.45) is 0. The van der Waals surface area contributed by atoms with E-state index >= 15 is 0 Å². The Balaban J connectivity index is 2.10. The van der Waals surface area contributed by atoms with Crippen LogP contribution in [-0.4, -0.2) is 5.91 Å². The van der Waals surface area contributed by atoms with Gasteiger partial charge in [-0.25, -0.2) is 0 Å². The number of aryl methyl sites for hydroxylation is 1. The van der Waals surface area contributed by atoms with Gasteiger partial charge in [-0.2, -0.15) is 0 Å². The summed E-state index contributed by atoms with van der Waals surface area (Å²) in [4.78, 5) is 12.1. The van der Waals surface area contributed by atoms with Crippen LogP contribution in [0.1, 0.15) is 21.5 Å². The zero-order valence-electron chi connectivity index (χ0n) is 10.6. The molecule has 2 rings (SSSR count). The van der Waals surface area contributed by atoms with Crippen molar-refractivity contribution < 1.29 is 4.79 Å². The Bertz CT molecular complexity index is 611. The number of carbonyl (C=O) groups is 1. The predicted molar refractivity (Wildman–Crippen MR) is 78.2 cm³/mol. The third-order valence-electron chi connectivity index (χ3n) is 3.00. The molecule has 1 amide bonds. The maximum Gasteiger partial charge on any atom is 0.253 e. The van der Waals surface area contributed by atoms with Crippen molar-refractivity contribution >= 4 is 23.2 Å². The fourth-order valence-corrected chi connectivity index (χ4v) is 1.99. The summed E-state index contributed by atoms with van der Waals surface area (Å²) in [7, 11) is 0. The van der Waals surface area contributed by atoms with E-state index in [1.54, 1.807) is 18.2 Å². The lowest BCUT2D eigenvalue weighted by atomic mass is 10.1. The number of amides is 1. The molecule has 0 aliphatic heterocycles. The highest BCUT2D eigenvalue weighted by Crippen LogP contribution is 2.22. The molecule has 0 bridgehead atoms. The number of nitrogens with one attached hydrogen (secondary N) is 1.